The zero-order valence-corrected chi connectivity index (χ0v) is 17.1. The molecule has 2 aliphatic rings. The Hall–Kier alpha value is -2.15. The monoisotopic (exact) mass is 387 g/mol. The lowest BCUT2D eigenvalue weighted by Gasteiger charge is -2.11. The number of para-hydroxylation sites is 3. The van der Waals surface area contributed by atoms with Gasteiger partial charge in [0.25, 0.3) is 0 Å². The fraction of sp³-hybridized carbons (Fsp3) is 0.381. The van der Waals surface area contributed by atoms with Gasteiger partial charge in [-0.05, 0) is 31.2 Å². The molecule has 2 aromatic carbocycles. The fourth-order valence-electron chi connectivity index (χ4n) is 2.44. The molecule has 2 N–H and O–H groups in total. The summed E-state index contributed by atoms with van der Waals surface area (Å²) in [5.74, 6) is 1.69. The van der Waals surface area contributed by atoms with Gasteiger partial charge in [0.2, 0.25) is 6.79 Å². The summed E-state index contributed by atoms with van der Waals surface area (Å²) in [5.41, 5.74) is 1.12. The number of fused-ring (bicyclic) bond motifs is 2. The van der Waals surface area contributed by atoms with E-state index in [1.54, 1.807) is 11.3 Å². The molecule has 146 valence electrons. The minimum absolute atomic E-state index is 0.360. The molecule has 0 bridgehead atoms. The van der Waals surface area contributed by atoms with Crippen LogP contribution in [0, 0.1) is 6.92 Å². The van der Waals surface area contributed by atoms with Crippen LogP contribution in [0.15, 0.2) is 48.5 Å². The number of ether oxygens (including phenoxy) is 2. The van der Waals surface area contributed by atoms with Crippen molar-refractivity contribution in [2.45, 2.75) is 20.8 Å². The molecule has 1 aromatic heterocycles. The maximum atomic E-state index is 5.08. The zero-order valence-electron chi connectivity index (χ0n) is 16.3. The van der Waals surface area contributed by atoms with Crippen LogP contribution in [0.3, 0.4) is 0 Å². The SMILES string of the molecule is C1CNCCN1.CC.Cc1nc2ccccc2s1.c1ccc2c(c1)OCO2. The highest BCUT2D eigenvalue weighted by Crippen LogP contribution is 2.30. The summed E-state index contributed by atoms with van der Waals surface area (Å²) in [4.78, 5) is 4.33. The van der Waals surface area contributed by atoms with Crippen molar-refractivity contribution < 1.29 is 9.47 Å². The van der Waals surface area contributed by atoms with Gasteiger partial charge in [0.15, 0.2) is 11.5 Å². The lowest BCUT2D eigenvalue weighted by Crippen LogP contribution is -2.39. The van der Waals surface area contributed by atoms with Crippen molar-refractivity contribution in [3.05, 3.63) is 53.5 Å². The van der Waals surface area contributed by atoms with E-state index in [-0.39, 0.29) is 0 Å². The Morgan fingerprint density at radius 2 is 1.33 bits per heavy atom. The summed E-state index contributed by atoms with van der Waals surface area (Å²) >= 11 is 1.74. The van der Waals surface area contributed by atoms with Crippen LogP contribution < -0.4 is 20.1 Å². The Kier molecular flexibility index (Phi) is 9.62. The second-order valence-electron chi connectivity index (χ2n) is 5.55. The molecule has 3 heterocycles. The first-order valence-corrected chi connectivity index (χ1v) is 10.2. The zero-order chi connectivity index (χ0) is 19.3. The lowest BCUT2D eigenvalue weighted by molar-refractivity contribution is 0.174. The van der Waals surface area contributed by atoms with E-state index in [2.05, 4.69) is 21.7 Å². The number of aryl methyl sites for hydroxylation is 1. The molecular weight excluding hydrogens is 358 g/mol. The number of rotatable bonds is 0. The highest BCUT2D eigenvalue weighted by Gasteiger charge is 2.09. The minimum atomic E-state index is 0.360. The first-order valence-electron chi connectivity index (χ1n) is 9.41. The second-order valence-corrected chi connectivity index (χ2v) is 6.79. The molecule has 0 spiro atoms. The number of benzene rings is 2. The van der Waals surface area contributed by atoms with Crippen molar-refractivity contribution >= 4 is 21.6 Å². The van der Waals surface area contributed by atoms with Crippen LogP contribution in [-0.4, -0.2) is 38.0 Å². The number of hydrogen-bond donors (Lipinski definition) is 2. The Morgan fingerprint density at radius 1 is 0.815 bits per heavy atom. The van der Waals surface area contributed by atoms with Gasteiger partial charge in [0.05, 0.1) is 15.2 Å². The van der Waals surface area contributed by atoms with Gasteiger partial charge in [-0.25, -0.2) is 4.98 Å². The molecule has 0 amide bonds. The van der Waals surface area contributed by atoms with Gasteiger partial charge in [0, 0.05) is 26.2 Å². The fourth-order valence-corrected chi connectivity index (χ4v) is 3.26. The largest absolute Gasteiger partial charge is 0.454 e. The molecule has 3 aromatic rings. The molecule has 0 radical (unpaired) electrons. The number of piperazine rings is 1. The van der Waals surface area contributed by atoms with Crippen LogP contribution >= 0.6 is 11.3 Å². The minimum Gasteiger partial charge on any atom is -0.454 e. The molecule has 5 rings (SSSR count). The summed E-state index contributed by atoms with van der Waals surface area (Å²) in [6.45, 7) is 10.9. The third kappa shape index (κ3) is 7.17. The van der Waals surface area contributed by atoms with Gasteiger partial charge in [-0.1, -0.05) is 38.1 Å². The van der Waals surface area contributed by atoms with Crippen LogP contribution in [0.25, 0.3) is 10.2 Å². The van der Waals surface area contributed by atoms with Crippen LogP contribution in [0.2, 0.25) is 0 Å². The molecule has 0 atom stereocenters. The van der Waals surface area contributed by atoms with Gasteiger partial charge in [-0.2, -0.15) is 0 Å². The van der Waals surface area contributed by atoms with E-state index in [0.29, 0.717) is 6.79 Å². The van der Waals surface area contributed by atoms with Crippen LogP contribution in [0.1, 0.15) is 18.9 Å². The number of thiazole rings is 1. The summed E-state index contributed by atoms with van der Waals surface area (Å²) in [7, 11) is 0. The van der Waals surface area contributed by atoms with Crippen LogP contribution in [0.5, 0.6) is 11.5 Å². The van der Waals surface area contributed by atoms with E-state index in [4.69, 9.17) is 9.47 Å². The van der Waals surface area contributed by atoms with Crippen molar-refractivity contribution in [3.8, 4) is 11.5 Å². The first-order chi connectivity index (χ1) is 13.3. The molecule has 2 aliphatic heterocycles. The van der Waals surface area contributed by atoms with E-state index in [9.17, 15) is 0 Å². The molecule has 1 fully saturated rings. The van der Waals surface area contributed by atoms with E-state index < -0.39 is 0 Å². The smallest absolute Gasteiger partial charge is 0.231 e. The average molecular weight is 388 g/mol. The molecule has 0 unspecified atom stereocenters. The molecule has 6 heteroatoms. The van der Waals surface area contributed by atoms with Crippen LogP contribution in [0.4, 0.5) is 0 Å². The Labute approximate surface area is 165 Å². The molecular formula is C21H29N3O2S. The number of hydrogen-bond acceptors (Lipinski definition) is 6. The van der Waals surface area contributed by atoms with Gasteiger partial charge in [0.1, 0.15) is 0 Å². The van der Waals surface area contributed by atoms with Crippen molar-refractivity contribution in [2.24, 2.45) is 0 Å². The van der Waals surface area contributed by atoms with Gasteiger partial charge >= 0.3 is 0 Å². The van der Waals surface area contributed by atoms with E-state index in [0.717, 1.165) is 48.2 Å². The van der Waals surface area contributed by atoms with Crippen molar-refractivity contribution in [1.82, 2.24) is 15.6 Å². The molecule has 27 heavy (non-hydrogen) atoms. The Morgan fingerprint density at radius 3 is 1.85 bits per heavy atom. The Bertz CT molecular complexity index is 720. The first kappa shape index (κ1) is 21.2. The van der Waals surface area contributed by atoms with Gasteiger partial charge in [-0.15, -0.1) is 11.3 Å². The third-order valence-corrected chi connectivity index (χ3v) is 4.59. The lowest BCUT2D eigenvalue weighted by atomic mass is 10.3. The number of nitrogens with one attached hydrogen (secondary N) is 2. The van der Waals surface area contributed by atoms with Crippen LogP contribution in [-0.2, 0) is 0 Å². The highest BCUT2D eigenvalue weighted by molar-refractivity contribution is 7.18. The maximum Gasteiger partial charge on any atom is 0.231 e. The van der Waals surface area contributed by atoms with E-state index in [1.807, 2.05) is 63.2 Å². The Balaban J connectivity index is 0.000000143. The van der Waals surface area contributed by atoms with Crippen molar-refractivity contribution in [3.63, 3.8) is 0 Å². The highest BCUT2D eigenvalue weighted by atomic mass is 32.1. The third-order valence-electron chi connectivity index (χ3n) is 3.64. The molecule has 0 saturated carbocycles. The van der Waals surface area contributed by atoms with Crippen molar-refractivity contribution in [1.29, 1.82) is 0 Å². The normalized spacial score (nSPS) is 14.0. The summed E-state index contributed by atoms with van der Waals surface area (Å²) in [5, 5.41) is 7.58. The molecule has 1 saturated heterocycles. The average Bonchev–Trinajstić information content (AvgIpc) is 3.37. The second kappa shape index (κ2) is 12.3. The van der Waals surface area contributed by atoms with Gasteiger partial charge in [-0.3, -0.25) is 0 Å². The van der Waals surface area contributed by atoms with Gasteiger partial charge < -0.3 is 20.1 Å². The van der Waals surface area contributed by atoms with Crippen molar-refractivity contribution in [2.75, 3.05) is 33.0 Å². The van der Waals surface area contributed by atoms with E-state index >= 15 is 0 Å². The predicted octanol–water partition coefficient (Wildman–Crippen LogP) is 4.23. The summed E-state index contributed by atoms with van der Waals surface area (Å²) in [6.07, 6.45) is 0. The molecule has 5 nitrogen and oxygen atoms in total. The topological polar surface area (TPSA) is 55.4 Å². The molecule has 0 aliphatic carbocycles. The number of aromatic nitrogens is 1. The summed E-state index contributed by atoms with van der Waals surface area (Å²) in [6, 6.07) is 15.8. The quantitative estimate of drug-likeness (QED) is 0.605. The summed E-state index contributed by atoms with van der Waals surface area (Å²) < 4.78 is 11.4. The standard InChI is InChI=1S/C8H7NS.C7H6O2.C4H10N2.C2H6/c1-6-9-7-4-2-3-5-8(7)10-6;1-2-4-7-6(3-1)8-5-9-7;1-2-6-4-3-5-1;1-2/h2-5H,1H3;1-4H,5H2;5-6H,1-4H2;1-2H3. The maximum absolute atomic E-state index is 5.08. The number of nitrogens with zero attached hydrogens (tertiary/aromatic N) is 1. The predicted molar refractivity (Wildman–Crippen MR) is 114 cm³/mol. The van der Waals surface area contributed by atoms with E-state index in [1.165, 1.54) is 4.70 Å².